The van der Waals surface area contributed by atoms with Crippen molar-refractivity contribution in [2.24, 2.45) is 0 Å². The van der Waals surface area contributed by atoms with Crippen LogP contribution in [0.1, 0.15) is 49.2 Å². The van der Waals surface area contributed by atoms with Gasteiger partial charge in [0.05, 0.1) is 5.56 Å². The molecule has 0 atom stereocenters. The summed E-state index contributed by atoms with van der Waals surface area (Å²) in [5, 5.41) is 19.0. The van der Waals surface area contributed by atoms with E-state index in [4.69, 9.17) is 5.11 Å². The fourth-order valence-electron chi connectivity index (χ4n) is 1.72. The molecule has 0 fully saturated rings. The summed E-state index contributed by atoms with van der Waals surface area (Å²) in [7, 11) is 0. The van der Waals surface area contributed by atoms with Gasteiger partial charge in [0.2, 0.25) is 0 Å². The van der Waals surface area contributed by atoms with Gasteiger partial charge >= 0.3 is 5.97 Å². The predicted molar refractivity (Wildman–Crippen MR) is 63.1 cm³/mol. The zero-order valence-corrected chi connectivity index (χ0v) is 10.2. The minimum atomic E-state index is -0.942. The molecule has 0 bridgehead atoms. The summed E-state index contributed by atoms with van der Waals surface area (Å²) in [4.78, 5) is 11.1. The largest absolute Gasteiger partial charge is 0.508 e. The maximum absolute atomic E-state index is 11.1. The number of carboxylic acids is 1. The second-order valence-corrected chi connectivity index (χ2v) is 4.94. The summed E-state index contributed by atoms with van der Waals surface area (Å²) in [6, 6.07) is 3.14. The van der Waals surface area contributed by atoms with Gasteiger partial charge in [-0.15, -0.1) is 0 Å². The molecule has 1 rings (SSSR count). The Bertz CT molecular complexity index is 414. The van der Waals surface area contributed by atoms with Gasteiger partial charge in [0.1, 0.15) is 5.75 Å². The Morgan fingerprint density at radius 2 is 1.88 bits per heavy atom. The Labute approximate surface area is 95.7 Å². The van der Waals surface area contributed by atoms with Gasteiger partial charge in [0.15, 0.2) is 0 Å². The summed E-state index contributed by atoms with van der Waals surface area (Å²) in [6.07, 6.45) is 0.597. The average molecular weight is 222 g/mol. The highest BCUT2D eigenvalue weighted by molar-refractivity contribution is 5.90. The van der Waals surface area contributed by atoms with Crippen molar-refractivity contribution in [3.8, 4) is 5.75 Å². The molecule has 88 valence electrons. The number of hydrogen-bond donors (Lipinski definition) is 2. The third-order valence-electron chi connectivity index (χ3n) is 2.64. The zero-order valence-electron chi connectivity index (χ0n) is 10.2. The van der Waals surface area contributed by atoms with Crippen LogP contribution in [0.5, 0.6) is 5.75 Å². The zero-order chi connectivity index (χ0) is 12.5. The third kappa shape index (κ3) is 2.35. The topological polar surface area (TPSA) is 57.5 Å². The van der Waals surface area contributed by atoms with Crippen molar-refractivity contribution in [3.05, 3.63) is 28.8 Å². The third-order valence-corrected chi connectivity index (χ3v) is 2.64. The Morgan fingerprint density at radius 3 is 2.25 bits per heavy atom. The molecular weight excluding hydrogens is 204 g/mol. The van der Waals surface area contributed by atoms with Gasteiger partial charge in [-0.2, -0.15) is 0 Å². The molecule has 0 amide bonds. The fraction of sp³-hybridized carbons (Fsp3) is 0.462. The summed E-state index contributed by atoms with van der Waals surface area (Å²) < 4.78 is 0. The van der Waals surface area contributed by atoms with E-state index in [1.807, 2.05) is 27.7 Å². The molecule has 3 heteroatoms. The number of phenols is 1. The monoisotopic (exact) mass is 222 g/mol. The highest BCUT2D eigenvalue weighted by atomic mass is 16.4. The van der Waals surface area contributed by atoms with Crippen LogP contribution in [0.2, 0.25) is 0 Å². The van der Waals surface area contributed by atoms with Crippen LogP contribution in [-0.4, -0.2) is 16.2 Å². The highest BCUT2D eigenvalue weighted by Crippen LogP contribution is 2.33. The van der Waals surface area contributed by atoms with E-state index in [-0.39, 0.29) is 16.7 Å². The molecule has 3 nitrogen and oxygen atoms in total. The molecule has 1 aromatic rings. The molecular formula is C13H18O3. The molecule has 0 aliphatic carbocycles. The number of carboxylic acid groups (broad SMARTS) is 1. The van der Waals surface area contributed by atoms with Gasteiger partial charge in [-0.3, -0.25) is 0 Å². The predicted octanol–water partition coefficient (Wildman–Crippen LogP) is 2.95. The molecule has 2 N–H and O–H groups in total. The maximum Gasteiger partial charge on any atom is 0.335 e. The van der Waals surface area contributed by atoms with Crippen LogP contribution < -0.4 is 0 Å². The average Bonchev–Trinajstić information content (AvgIpc) is 2.14. The summed E-state index contributed by atoms with van der Waals surface area (Å²) in [5.74, 6) is -0.767. The van der Waals surface area contributed by atoms with Crippen LogP contribution in [-0.2, 0) is 11.8 Å². The van der Waals surface area contributed by atoms with Crippen molar-refractivity contribution in [2.45, 2.75) is 39.5 Å². The number of carbonyl (C=O) groups is 1. The van der Waals surface area contributed by atoms with Gasteiger partial charge in [0.25, 0.3) is 0 Å². The van der Waals surface area contributed by atoms with Crippen molar-refractivity contribution >= 4 is 5.97 Å². The van der Waals surface area contributed by atoms with Crippen LogP contribution in [0, 0.1) is 0 Å². The molecule has 0 radical (unpaired) electrons. The lowest BCUT2D eigenvalue weighted by molar-refractivity contribution is 0.0695. The SMILES string of the molecule is CCc1cc(O)c(C(C)(C)C)cc1C(=O)O. The maximum atomic E-state index is 11.1. The number of aryl methyl sites for hydroxylation is 1. The first-order chi connectivity index (χ1) is 7.27. The van der Waals surface area contributed by atoms with Gasteiger partial charge in [0, 0.05) is 5.56 Å². The van der Waals surface area contributed by atoms with E-state index in [1.54, 1.807) is 12.1 Å². The minimum absolute atomic E-state index is 0.175. The molecule has 0 heterocycles. The number of aromatic carboxylic acids is 1. The Balaban J connectivity index is 3.45. The first-order valence-corrected chi connectivity index (χ1v) is 5.37. The quantitative estimate of drug-likeness (QED) is 0.808. The minimum Gasteiger partial charge on any atom is -0.508 e. The second-order valence-electron chi connectivity index (χ2n) is 4.94. The van der Waals surface area contributed by atoms with Crippen LogP contribution in [0.3, 0.4) is 0 Å². The van der Waals surface area contributed by atoms with E-state index in [2.05, 4.69) is 0 Å². The van der Waals surface area contributed by atoms with Gasteiger partial charge in [-0.05, 0) is 29.5 Å². The molecule has 0 saturated heterocycles. The van der Waals surface area contributed by atoms with Crippen LogP contribution in [0.4, 0.5) is 0 Å². The fourth-order valence-corrected chi connectivity index (χ4v) is 1.72. The van der Waals surface area contributed by atoms with Gasteiger partial charge in [-0.25, -0.2) is 4.79 Å². The Hall–Kier alpha value is -1.51. The van der Waals surface area contributed by atoms with E-state index in [0.717, 1.165) is 0 Å². The second kappa shape index (κ2) is 4.16. The molecule has 0 aromatic heterocycles. The van der Waals surface area contributed by atoms with Crippen molar-refractivity contribution in [1.82, 2.24) is 0 Å². The lowest BCUT2D eigenvalue weighted by atomic mass is 9.84. The normalized spacial score (nSPS) is 11.5. The van der Waals surface area contributed by atoms with Crippen molar-refractivity contribution < 1.29 is 15.0 Å². The smallest absolute Gasteiger partial charge is 0.335 e. The molecule has 16 heavy (non-hydrogen) atoms. The van der Waals surface area contributed by atoms with E-state index in [9.17, 15) is 9.90 Å². The number of phenolic OH excluding ortho intramolecular Hbond substituents is 1. The number of rotatable bonds is 2. The van der Waals surface area contributed by atoms with Gasteiger partial charge in [-0.1, -0.05) is 27.7 Å². The number of benzene rings is 1. The molecule has 0 unspecified atom stereocenters. The van der Waals surface area contributed by atoms with E-state index < -0.39 is 5.97 Å². The van der Waals surface area contributed by atoms with Crippen molar-refractivity contribution in [3.63, 3.8) is 0 Å². The molecule has 0 saturated carbocycles. The van der Waals surface area contributed by atoms with E-state index in [0.29, 0.717) is 17.5 Å². The van der Waals surface area contributed by atoms with Crippen molar-refractivity contribution in [1.29, 1.82) is 0 Å². The summed E-state index contributed by atoms with van der Waals surface area (Å²) in [5.41, 5.74) is 1.35. The van der Waals surface area contributed by atoms with E-state index in [1.165, 1.54) is 0 Å². The standard InChI is InChI=1S/C13H18O3/c1-5-8-6-11(14)10(13(2,3)4)7-9(8)12(15)16/h6-7,14H,5H2,1-4H3,(H,15,16). The van der Waals surface area contributed by atoms with Crippen molar-refractivity contribution in [2.75, 3.05) is 0 Å². The van der Waals surface area contributed by atoms with Crippen LogP contribution >= 0.6 is 0 Å². The molecule has 1 aromatic carbocycles. The van der Waals surface area contributed by atoms with Gasteiger partial charge < -0.3 is 10.2 Å². The van der Waals surface area contributed by atoms with E-state index >= 15 is 0 Å². The number of hydrogen-bond acceptors (Lipinski definition) is 2. The molecule has 0 aliphatic rings. The number of aromatic hydroxyl groups is 1. The summed E-state index contributed by atoms with van der Waals surface area (Å²) >= 11 is 0. The van der Waals surface area contributed by atoms with Crippen LogP contribution in [0.25, 0.3) is 0 Å². The van der Waals surface area contributed by atoms with Crippen LogP contribution in [0.15, 0.2) is 12.1 Å². The highest BCUT2D eigenvalue weighted by Gasteiger charge is 2.21. The molecule has 0 spiro atoms. The lowest BCUT2D eigenvalue weighted by Gasteiger charge is -2.22. The molecule has 0 aliphatic heterocycles. The Kier molecular flexibility index (Phi) is 3.27. The summed E-state index contributed by atoms with van der Waals surface area (Å²) in [6.45, 7) is 7.70. The Morgan fingerprint density at radius 1 is 1.31 bits per heavy atom. The lowest BCUT2D eigenvalue weighted by Crippen LogP contribution is -2.14. The first-order valence-electron chi connectivity index (χ1n) is 5.37. The first kappa shape index (κ1) is 12.6.